The van der Waals surface area contributed by atoms with Gasteiger partial charge in [0.1, 0.15) is 23.5 Å². The molecule has 8 rings (SSSR count). The molecule has 0 saturated carbocycles. The van der Waals surface area contributed by atoms with E-state index in [2.05, 4.69) is 72.8 Å². The molecule has 2 aromatic heterocycles. The van der Waals surface area contributed by atoms with Crippen molar-refractivity contribution in [3.8, 4) is 22.8 Å². The third-order valence-corrected chi connectivity index (χ3v) is 13.0. The second-order valence-corrected chi connectivity index (χ2v) is 15.7. The Kier molecular flexibility index (Phi) is 8.99. The number of carbonyl (C=O) groups is 1. The third kappa shape index (κ3) is 6.35. The number of nitrogens with zero attached hydrogens (tertiary/aromatic N) is 6. The number of para-hydroxylation sites is 1. The second kappa shape index (κ2) is 14.2. The maximum atomic E-state index is 12.5. The van der Waals surface area contributed by atoms with Crippen LogP contribution in [0, 0.1) is 0 Å². The van der Waals surface area contributed by atoms with Gasteiger partial charge in [-0.25, -0.2) is 19.4 Å². The molecule has 1 fully saturated rings. The van der Waals surface area contributed by atoms with Crippen LogP contribution in [-0.2, 0) is 4.79 Å². The molecule has 1 amide bonds. The molecule has 5 aromatic carbocycles. The fourth-order valence-electron chi connectivity index (χ4n) is 6.93. The molecule has 0 aliphatic carbocycles. The van der Waals surface area contributed by atoms with E-state index < -0.39 is 7.05 Å². The van der Waals surface area contributed by atoms with E-state index in [9.17, 15) is 4.79 Å². The van der Waals surface area contributed by atoms with Gasteiger partial charge in [-0.15, -0.1) is 0 Å². The van der Waals surface area contributed by atoms with Crippen LogP contribution in [0.3, 0.4) is 0 Å². The number of amides is 1. The highest BCUT2D eigenvalue weighted by Gasteiger charge is 2.31. The third-order valence-electron chi connectivity index (χ3n) is 9.40. The molecule has 1 atom stereocenters. The van der Waals surface area contributed by atoms with E-state index in [-0.39, 0.29) is 11.9 Å². The van der Waals surface area contributed by atoms with Gasteiger partial charge in [-0.3, -0.25) is 4.79 Å². The summed E-state index contributed by atoms with van der Waals surface area (Å²) in [5.74, 6) is 2.14. The molecule has 0 N–H and O–H groups in total. The fraction of sp³-hybridized carbons (Fsp3) is 0.143. The van der Waals surface area contributed by atoms with Gasteiger partial charge in [-0.05, 0) is 49.2 Å². The molecule has 0 unspecified atom stereocenters. The minimum Gasteiger partial charge on any atom is -0.457 e. The van der Waals surface area contributed by atoms with Gasteiger partial charge < -0.3 is 9.64 Å². The average Bonchev–Trinajstić information content (AvgIpc) is 3.59. The molecule has 1 aliphatic rings. The topological polar surface area (TPSA) is 85.5 Å². The van der Waals surface area contributed by atoms with Crippen LogP contribution in [0.1, 0.15) is 25.8 Å². The first-order valence-corrected chi connectivity index (χ1v) is 19.0. The minimum absolute atomic E-state index is 0.0424. The van der Waals surface area contributed by atoms with E-state index in [0.29, 0.717) is 18.0 Å². The van der Waals surface area contributed by atoms with E-state index in [4.69, 9.17) is 24.5 Å². The number of piperidine rings is 1. The lowest BCUT2D eigenvalue weighted by Crippen LogP contribution is -2.39. The van der Waals surface area contributed by atoms with Gasteiger partial charge in [-0.1, -0.05) is 109 Å². The summed E-state index contributed by atoms with van der Waals surface area (Å²) >= 11 is 0. The lowest BCUT2D eigenvalue weighted by molar-refractivity contribution is -0.130. The molecular weight excluding hydrogens is 651 g/mol. The monoisotopic (exact) mass is 688 g/mol. The van der Waals surface area contributed by atoms with Crippen LogP contribution < -0.4 is 20.7 Å². The van der Waals surface area contributed by atoms with Crippen molar-refractivity contribution < 1.29 is 9.53 Å². The summed E-state index contributed by atoms with van der Waals surface area (Å²) in [6, 6.07) is 49.3. The number of hydrogen-bond donors (Lipinski definition) is 0. The van der Waals surface area contributed by atoms with Crippen molar-refractivity contribution in [3.05, 3.63) is 152 Å². The highest BCUT2D eigenvalue weighted by molar-refractivity contribution is 7.87. The summed E-state index contributed by atoms with van der Waals surface area (Å²) in [6.45, 7) is 2.95. The lowest BCUT2D eigenvalue weighted by Gasteiger charge is -2.32. The van der Waals surface area contributed by atoms with E-state index >= 15 is 0 Å². The van der Waals surface area contributed by atoms with Crippen LogP contribution in [0.2, 0.25) is 0 Å². The Labute approximate surface area is 297 Å². The Hall–Kier alpha value is -5.85. The molecule has 252 valence electrons. The van der Waals surface area contributed by atoms with Gasteiger partial charge in [0, 0.05) is 41.5 Å². The van der Waals surface area contributed by atoms with Crippen molar-refractivity contribution in [2.75, 3.05) is 13.1 Å². The van der Waals surface area contributed by atoms with Gasteiger partial charge in [-0.2, -0.15) is 5.10 Å². The van der Waals surface area contributed by atoms with Gasteiger partial charge in [0.2, 0.25) is 5.91 Å². The summed E-state index contributed by atoms with van der Waals surface area (Å²) in [7, 11) is -2.66. The second-order valence-electron chi connectivity index (χ2n) is 12.6. The van der Waals surface area contributed by atoms with Crippen molar-refractivity contribution >= 4 is 45.7 Å². The molecule has 3 heterocycles. The van der Waals surface area contributed by atoms with Crippen LogP contribution in [-0.4, -0.2) is 43.6 Å². The molecule has 0 bridgehead atoms. The summed E-state index contributed by atoms with van der Waals surface area (Å²) in [5, 5.41) is 9.43. The van der Waals surface area contributed by atoms with Gasteiger partial charge in [0.15, 0.2) is 11.5 Å². The van der Waals surface area contributed by atoms with Crippen LogP contribution >= 0.6 is 7.05 Å². The summed E-state index contributed by atoms with van der Waals surface area (Å²) in [5.41, 5.74) is 2.33. The molecule has 1 saturated heterocycles. The molecule has 7 aromatic rings. The smallest absolute Gasteiger partial charge is 0.219 e. The highest BCUT2D eigenvalue weighted by Crippen LogP contribution is 2.50. The zero-order chi connectivity index (χ0) is 34.6. The first kappa shape index (κ1) is 32.4. The zero-order valence-corrected chi connectivity index (χ0v) is 29.2. The van der Waals surface area contributed by atoms with Crippen molar-refractivity contribution in [2.45, 2.75) is 25.8 Å². The predicted molar refractivity (Wildman–Crippen MR) is 205 cm³/mol. The Bertz CT molecular complexity index is 2230. The van der Waals surface area contributed by atoms with Crippen LogP contribution in [0.5, 0.6) is 11.5 Å². The maximum Gasteiger partial charge on any atom is 0.219 e. The largest absolute Gasteiger partial charge is 0.457 e. The maximum absolute atomic E-state index is 12.5. The molecular formula is C42H37N6O2P. The Balaban J connectivity index is 1.38. The van der Waals surface area contributed by atoms with Crippen molar-refractivity contribution in [1.29, 1.82) is 0 Å². The number of ether oxygens (including phenoxy) is 1. The number of rotatable bonds is 8. The average molecular weight is 689 g/mol. The number of aromatic nitrogens is 4. The summed E-state index contributed by atoms with van der Waals surface area (Å²) < 4.78 is 13.9. The Morgan fingerprint density at radius 3 is 1.84 bits per heavy atom. The van der Waals surface area contributed by atoms with Gasteiger partial charge >= 0.3 is 0 Å². The standard InChI is InChI=1S/C42H37N6O2P/c1-31(49)47-28-14-15-33(29-47)48-42-39(40(45-48)32-24-26-35(27-25-32)50-34-16-6-2-7-17-34)41(43-30-44-42)46-51(36-18-8-3-9-19-36,37-20-10-4-11-21-37)38-22-12-5-13-23-38/h2-13,16-27,30,33H,14-15,28-29H2,1H3/t33-/m1/s1. The summed E-state index contributed by atoms with van der Waals surface area (Å²) in [4.78, 5) is 24.2. The molecule has 51 heavy (non-hydrogen) atoms. The van der Waals surface area contributed by atoms with Gasteiger partial charge in [0.05, 0.1) is 18.5 Å². The predicted octanol–water partition coefficient (Wildman–Crippen LogP) is 8.28. The van der Waals surface area contributed by atoms with Crippen LogP contribution in [0.4, 0.5) is 5.82 Å². The fourth-order valence-corrected chi connectivity index (χ4v) is 10.4. The normalized spacial score (nSPS) is 14.7. The van der Waals surface area contributed by atoms with E-state index in [1.165, 1.54) is 0 Å². The van der Waals surface area contributed by atoms with Crippen molar-refractivity contribution in [1.82, 2.24) is 24.6 Å². The quantitative estimate of drug-likeness (QED) is 0.150. The van der Waals surface area contributed by atoms with Crippen LogP contribution in [0.15, 0.2) is 157 Å². The van der Waals surface area contributed by atoms with Crippen molar-refractivity contribution in [3.63, 3.8) is 0 Å². The van der Waals surface area contributed by atoms with E-state index in [1.54, 1.807) is 13.3 Å². The number of benzene rings is 5. The highest BCUT2D eigenvalue weighted by atomic mass is 31.2. The van der Waals surface area contributed by atoms with E-state index in [1.807, 2.05) is 82.4 Å². The molecule has 1 aliphatic heterocycles. The van der Waals surface area contributed by atoms with Gasteiger partial charge in [0.25, 0.3) is 0 Å². The molecule has 8 nitrogen and oxygen atoms in total. The minimum atomic E-state index is -2.66. The number of likely N-dealkylation sites (tertiary alicyclic amines) is 1. The van der Waals surface area contributed by atoms with E-state index in [0.717, 1.165) is 63.4 Å². The zero-order valence-electron chi connectivity index (χ0n) is 28.3. The number of carbonyl (C=O) groups excluding carboxylic acids is 1. The lowest BCUT2D eigenvalue weighted by atomic mass is 10.1. The first-order chi connectivity index (χ1) is 25.1. The number of hydrogen-bond acceptors (Lipinski definition) is 6. The Morgan fingerprint density at radius 2 is 1.27 bits per heavy atom. The Morgan fingerprint density at radius 1 is 0.725 bits per heavy atom. The molecule has 0 radical (unpaired) electrons. The summed E-state index contributed by atoms with van der Waals surface area (Å²) in [6.07, 6.45) is 3.37. The van der Waals surface area contributed by atoms with Crippen LogP contribution in [0.25, 0.3) is 22.3 Å². The number of fused-ring (bicyclic) bond motifs is 1. The first-order valence-electron chi connectivity index (χ1n) is 17.2. The molecule has 9 heteroatoms. The van der Waals surface area contributed by atoms with Crippen molar-refractivity contribution in [2.24, 2.45) is 4.74 Å². The SMILES string of the molecule is CC(=O)N1CCC[C@@H](n2nc(-c3ccc(Oc4ccccc4)cc3)c3c(N=P(c4ccccc4)(c4ccccc4)c4ccccc4)ncnc32)C1. The molecule has 0 spiro atoms.